The van der Waals surface area contributed by atoms with Crippen molar-refractivity contribution in [1.29, 1.82) is 0 Å². The Hall–Kier alpha value is -1.51. The predicted octanol–water partition coefficient (Wildman–Crippen LogP) is 2.28. The first-order chi connectivity index (χ1) is 7.53. The van der Waals surface area contributed by atoms with Crippen molar-refractivity contribution in [2.75, 3.05) is 0 Å². The van der Waals surface area contributed by atoms with E-state index in [2.05, 4.69) is 31.1 Å². The van der Waals surface area contributed by atoms with Gasteiger partial charge in [0, 0.05) is 5.54 Å². The van der Waals surface area contributed by atoms with Crippen molar-refractivity contribution in [1.82, 2.24) is 5.32 Å². The van der Waals surface area contributed by atoms with Gasteiger partial charge >= 0.3 is 0 Å². The molecule has 0 amide bonds. The molecule has 0 aliphatic carbocycles. The molecule has 0 aromatic heterocycles. The molecule has 3 nitrogen and oxygen atoms in total. The number of benzene rings is 1. The lowest BCUT2D eigenvalue weighted by atomic mass is 10.0. The van der Waals surface area contributed by atoms with Crippen LogP contribution in [0.5, 0.6) is 0 Å². The number of guanidine groups is 1. The van der Waals surface area contributed by atoms with Crippen LogP contribution < -0.4 is 11.1 Å². The Morgan fingerprint density at radius 2 is 1.94 bits per heavy atom. The molecule has 3 heteroatoms. The Kier molecular flexibility index (Phi) is 4.35. The predicted molar refractivity (Wildman–Crippen MR) is 69.3 cm³/mol. The molecular formula is C13H21N3. The fraction of sp³-hybridized carbons (Fsp3) is 0.462. The summed E-state index contributed by atoms with van der Waals surface area (Å²) in [5.41, 5.74) is 6.99. The standard InChI is InChI=1S/C13H21N3/c1-4-13(2,3)16-12(14)15-10-11-8-6-5-7-9-11/h5-9H,4,10H2,1-3H3,(H3,14,15,16). The van der Waals surface area contributed by atoms with Gasteiger partial charge in [0.25, 0.3) is 0 Å². The summed E-state index contributed by atoms with van der Waals surface area (Å²) < 4.78 is 0. The Morgan fingerprint density at radius 1 is 1.31 bits per heavy atom. The highest BCUT2D eigenvalue weighted by Crippen LogP contribution is 2.06. The van der Waals surface area contributed by atoms with Gasteiger partial charge in [0.1, 0.15) is 0 Å². The van der Waals surface area contributed by atoms with E-state index in [0.29, 0.717) is 12.5 Å². The van der Waals surface area contributed by atoms with E-state index in [4.69, 9.17) is 5.73 Å². The molecular weight excluding hydrogens is 198 g/mol. The maximum atomic E-state index is 5.82. The average Bonchev–Trinajstić information content (AvgIpc) is 2.27. The molecule has 1 rings (SSSR count). The van der Waals surface area contributed by atoms with Gasteiger partial charge in [0.15, 0.2) is 5.96 Å². The summed E-state index contributed by atoms with van der Waals surface area (Å²) in [6.07, 6.45) is 1.01. The van der Waals surface area contributed by atoms with E-state index in [1.165, 1.54) is 5.56 Å². The topological polar surface area (TPSA) is 50.4 Å². The summed E-state index contributed by atoms with van der Waals surface area (Å²) in [7, 11) is 0. The summed E-state index contributed by atoms with van der Waals surface area (Å²) in [6.45, 7) is 6.97. The lowest BCUT2D eigenvalue weighted by Gasteiger charge is -2.24. The van der Waals surface area contributed by atoms with Crippen LogP contribution in [-0.4, -0.2) is 11.5 Å². The minimum Gasteiger partial charge on any atom is -0.370 e. The van der Waals surface area contributed by atoms with Crippen LogP contribution in [-0.2, 0) is 6.54 Å². The van der Waals surface area contributed by atoms with Gasteiger partial charge in [-0.3, -0.25) is 0 Å². The zero-order valence-corrected chi connectivity index (χ0v) is 10.3. The number of hydrogen-bond donors (Lipinski definition) is 2. The van der Waals surface area contributed by atoms with E-state index in [9.17, 15) is 0 Å². The Labute approximate surface area is 97.8 Å². The molecule has 0 radical (unpaired) electrons. The highest BCUT2D eigenvalue weighted by atomic mass is 15.1. The molecule has 1 aromatic rings. The quantitative estimate of drug-likeness (QED) is 0.603. The lowest BCUT2D eigenvalue weighted by Crippen LogP contribution is -2.46. The lowest BCUT2D eigenvalue weighted by molar-refractivity contribution is 0.443. The number of nitrogens with zero attached hydrogens (tertiary/aromatic N) is 1. The van der Waals surface area contributed by atoms with Crippen LogP contribution in [0, 0.1) is 0 Å². The van der Waals surface area contributed by atoms with Gasteiger partial charge in [-0.2, -0.15) is 0 Å². The summed E-state index contributed by atoms with van der Waals surface area (Å²) in [5, 5.41) is 3.20. The molecule has 0 bridgehead atoms. The molecule has 88 valence electrons. The van der Waals surface area contributed by atoms with Crippen LogP contribution in [0.2, 0.25) is 0 Å². The van der Waals surface area contributed by atoms with Gasteiger partial charge in [0.2, 0.25) is 0 Å². The van der Waals surface area contributed by atoms with E-state index >= 15 is 0 Å². The number of hydrogen-bond acceptors (Lipinski definition) is 1. The summed E-state index contributed by atoms with van der Waals surface area (Å²) in [4.78, 5) is 4.31. The third-order valence-corrected chi connectivity index (χ3v) is 2.63. The van der Waals surface area contributed by atoms with Gasteiger partial charge in [-0.25, -0.2) is 4.99 Å². The van der Waals surface area contributed by atoms with Crippen molar-refractivity contribution in [3.8, 4) is 0 Å². The van der Waals surface area contributed by atoms with Crippen molar-refractivity contribution in [2.45, 2.75) is 39.3 Å². The molecule has 0 aliphatic rings. The fourth-order valence-corrected chi connectivity index (χ4v) is 1.23. The number of rotatable bonds is 4. The van der Waals surface area contributed by atoms with Crippen LogP contribution in [0.1, 0.15) is 32.8 Å². The van der Waals surface area contributed by atoms with Crippen LogP contribution in [0.4, 0.5) is 0 Å². The van der Waals surface area contributed by atoms with Gasteiger partial charge in [-0.1, -0.05) is 37.3 Å². The summed E-state index contributed by atoms with van der Waals surface area (Å²) >= 11 is 0. The number of aliphatic imine (C=N–C) groups is 1. The molecule has 0 heterocycles. The first-order valence-electron chi connectivity index (χ1n) is 5.65. The first-order valence-corrected chi connectivity index (χ1v) is 5.65. The molecule has 0 fully saturated rings. The van der Waals surface area contributed by atoms with Crippen molar-refractivity contribution in [2.24, 2.45) is 10.7 Å². The monoisotopic (exact) mass is 219 g/mol. The van der Waals surface area contributed by atoms with Gasteiger partial charge < -0.3 is 11.1 Å². The van der Waals surface area contributed by atoms with Crippen LogP contribution in [0.25, 0.3) is 0 Å². The van der Waals surface area contributed by atoms with Crippen molar-refractivity contribution >= 4 is 5.96 Å². The SMILES string of the molecule is CCC(C)(C)NC(N)=NCc1ccccc1. The maximum Gasteiger partial charge on any atom is 0.189 e. The van der Waals surface area contributed by atoms with E-state index in [1.807, 2.05) is 30.3 Å². The second-order valence-corrected chi connectivity index (χ2v) is 4.55. The normalized spacial score (nSPS) is 12.6. The van der Waals surface area contributed by atoms with E-state index < -0.39 is 0 Å². The smallest absolute Gasteiger partial charge is 0.189 e. The zero-order valence-electron chi connectivity index (χ0n) is 10.3. The average molecular weight is 219 g/mol. The molecule has 3 N–H and O–H groups in total. The first kappa shape index (κ1) is 12.6. The third kappa shape index (κ3) is 4.34. The van der Waals surface area contributed by atoms with Crippen molar-refractivity contribution in [3.63, 3.8) is 0 Å². The highest BCUT2D eigenvalue weighted by molar-refractivity contribution is 5.78. The maximum absolute atomic E-state index is 5.82. The van der Waals surface area contributed by atoms with E-state index in [0.717, 1.165) is 6.42 Å². The Balaban J connectivity index is 2.52. The van der Waals surface area contributed by atoms with E-state index in [1.54, 1.807) is 0 Å². The van der Waals surface area contributed by atoms with Crippen molar-refractivity contribution < 1.29 is 0 Å². The molecule has 16 heavy (non-hydrogen) atoms. The third-order valence-electron chi connectivity index (χ3n) is 2.63. The minimum atomic E-state index is 0.00424. The van der Waals surface area contributed by atoms with Crippen LogP contribution in [0.3, 0.4) is 0 Å². The molecule has 0 unspecified atom stereocenters. The molecule has 0 spiro atoms. The van der Waals surface area contributed by atoms with Gasteiger partial charge in [0.05, 0.1) is 6.54 Å². The molecule has 0 atom stereocenters. The largest absolute Gasteiger partial charge is 0.370 e. The van der Waals surface area contributed by atoms with Gasteiger partial charge in [-0.15, -0.1) is 0 Å². The minimum absolute atomic E-state index is 0.00424. The number of nitrogens with one attached hydrogen (secondary N) is 1. The molecule has 0 aliphatic heterocycles. The van der Waals surface area contributed by atoms with Crippen LogP contribution in [0.15, 0.2) is 35.3 Å². The van der Waals surface area contributed by atoms with Gasteiger partial charge in [-0.05, 0) is 25.8 Å². The summed E-state index contributed by atoms with van der Waals surface area (Å²) in [6, 6.07) is 10.1. The molecule has 0 saturated carbocycles. The summed E-state index contributed by atoms with van der Waals surface area (Å²) in [5.74, 6) is 0.510. The second kappa shape index (κ2) is 5.54. The second-order valence-electron chi connectivity index (χ2n) is 4.55. The van der Waals surface area contributed by atoms with Crippen molar-refractivity contribution in [3.05, 3.63) is 35.9 Å². The van der Waals surface area contributed by atoms with E-state index in [-0.39, 0.29) is 5.54 Å². The molecule has 0 saturated heterocycles. The zero-order chi connectivity index (χ0) is 12.0. The Morgan fingerprint density at radius 3 is 2.50 bits per heavy atom. The Bertz CT molecular complexity index is 341. The molecule has 1 aromatic carbocycles. The fourth-order valence-electron chi connectivity index (χ4n) is 1.23. The number of nitrogens with two attached hydrogens (primary N) is 1. The van der Waals surface area contributed by atoms with Crippen LogP contribution >= 0.6 is 0 Å². The highest BCUT2D eigenvalue weighted by Gasteiger charge is 2.14.